The fourth-order valence-corrected chi connectivity index (χ4v) is 2.87. The van der Waals surface area contributed by atoms with E-state index in [1.807, 2.05) is 41.3 Å². The van der Waals surface area contributed by atoms with E-state index in [2.05, 4.69) is 12.1 Å². The first-order valence-electron chi connectivity index (χ1n) is 8.01. The van der Waals surface area contributed by atoms with E-state index in [0.29, 0.717) is 32.8 Å². The topological polar surface area (TPSA) is 55.6 Å². The first-order chi connectivity index (χ1) is 11.3. The van der Waals surface area contributed by atoms with Gasteiger partial charge in [-0.05, 0) is 35.2 Å². The van der Waals surface area contributed by atoms with Gasteiger partial charge >= 0.3 is 0 Å². The summed E-state index contributed by atoms with van der Waals surface area (Å²) in [5, 5.41) is 0. The maximum Gasteiger partial charge on any atom is 0.253 e. The predicted octanol–water partition coefficient (Wildman–Crippen LogP) is 2.78. The van der Waals surface area contributed by atoms with Crippen LogP contribution in [0.15, 0.2) is 48.5 Å². The average molecular weight is 347 g/mol. The van der Waals surface area contributed by atoms with Gasteiger partial charge in [0.25, 0.3) is 5.91 Å². The number of carbonyl (C=O) groups is 1. The van der Waals surface area contributed by atoms with Gasteiger partial charge in [0.15, 0.2) is 0 Å². The minimum absolute atomic E-state index is 0. The Morgan fingerprint density at radius 1 is 1.04 bits per heavy atom. The van der Waals surface area contributed by atoms with Crippen LogP contribution in [0.4, 0.5) is 0 Å². The Hall–Kier alpha value is -1.88. The third-order valence-electron chi connectivity index (χ3n) is 4.17. The van der Waals surface area contributed by atoms with Gasteiger partial charge in [-0.25, -0.2) is 0 Å². The van der Waals surface area contributed by atoms with Crippen LogP contribution in [0.3, 0.4) is 0 Å². The van der Waals surface area contributed by atoms with Crippen LogP contribution in [-0.2, 0) is 24.4 Å². The number of halogens is 1. The summed E-state index contributed by atoms with van der Waals surface area (Å²) in [7, 11) is 0. The van der Waals surface area contributed by atoms with Gasteiger partial charge < -0.3 is 15.4 Å². The molecule has 0 spiro atoms. The van der Waals surface area contributed by atoms with Gasteiger partial charge in [0.2, 0.25) is 0 Å². The second kappa shape index (κ2) is 8.83. The van der Waals surface area contributed by atoms with Crippen molar-refractivity contribution in [2.75, 3.05) is 19.6 Å². The quantitative estimate of drug-likeness (QED) is 0.875. The maximum atomic E-state index is 12.8. The molecule has 1 aliphatic heterocycles. The van der Waals surface area contributed by atoms with E-state index in [0.717, 1.165) is 17.5 Å². The smallest absolute Gasteiger partial charge is 0.253 e. The minimum atomic E-state index is 0. The number of rotatable bonds is 6. The number of hydrogen-bond donors (Lipinski definition) is 1. The Morgan fingerprint density at radius 2 is 1.79 bits per heavy atom. The predicted molar refractivity (Wildman–Crippen MR) is 97.3 cm³/mol. The van der Waals surface area contributed by atoms with Crippen molar-refractivity contribution in [3.63, 3.8) is 0 Å². The Bertz CT molecular complexity index is 676. The average Bonchev–Trinajstić information content (AvgIpc) is 3.06. The second-order valence-electron chi connectivity index (χ2n) is 5.79. The molecule has 0 atom stereocenters. The summed E-state index contributed by atoms with van der Waals surface area (Å²) in [5.74, 6) is 0.0427. The van der Waals surface area contributed by atoms with Crippen LogP contribution >= 0.6 is 12.4 Å². The van der Waals surface area contributed by atoms with E-state index < -0.39 is 0 Å². The molecule has 0 radical (unpaired) electrons. The number of nitrogens with zero attached hydrogens (tertiary/aromatic N) is 1. The van der Waals surface area contributed by atoms with Crippen molar-refractivity contribution >= 4 is 18.3 Å². The zero-order chi connectivity index (χ0) is 16.1. The molecule has 0 saturated carbocycles. The monoisotopic (exact) mass is 346 g/mol. The van der Waals surface area contributed by atoms with Gasteiger partial charge in [-0.1, -0.05) is 36.4 Å². The zero-order valence-corrected chi connectivity index (χ0v) is 14.4. The third kappa shape index (κ3) is 4.35. The largest absolute Gasteiger partial charge is 0.372 e. The summed E-state index contributed by atoms with van der Waals surface area (Å²) < 4.78 is 5.42. The van der Waals surface area contributed by atoms with E-state index in [4.69, 9.17) is 10.5 Å². The number of nitrogens with two attached hydrogens (primary N) is 1. The number of hydrogen-bond acceptors (Lipinski definition) is 3. The SMILES string of the molecule is Cl.NCCN(CCc1ccccc1)C(=O)c1ccc2c(c1)COC2. The van der Waals surface area contributed by atoms with E-state index in [9.17, 15) is 4.79 Å². The first-order valence-corrected chi connectivity index (χ1v) is 8.01. The van der Waals surface area contributed by atoms with Crippen molar-refractivity contribution in [1.82, 2.24) is 4.90 Å². The lowest BCUT2D eigenvalue weighted by atomic mass is 10.1. The van der Waals surface area contributed by atoms with E-state index in [1.54, 1.807) is 0 Å². The Labute approximate surface area is 149 Å². The summed E-state index contributed by atoms with van der Waals surface area (Å²) in [6.45, 7) is 2.95. The molecular formula is C19H23ClN2O2. The first kappa shape index (κ1) is 18.5. The van der Waals surface area contributed by atoms with Crippen molar-refractivity contribution in [3.05, 3.63) is 70.8 Å². The van der Waals surface area contributed by atoms with Crippen molar-refractivity contribution < 1.29 is 9.53 Å². The lowest BCUT2D eigenvalue weighted by Gasteiger charge is -2.22. The van der Waals surface area contributed by atoms with Crippen LogP contribution in [0.5, 0.6) is 0 Å². The molecule has 0 aromatic heterocycles. The lowest BCUT2D eigenvalue weighted by molar-refractivity contribution is 0.0762. The molecule has 1 amide bonds. The Kier molecular flexibility index (Phi) is 6.79. The number of carbonyl (C=O) groups excluding carboxylic acids is 1. The van der Waals surface area contributed by atoms with Crippen molar-refractivity contribution in [3.8, 4) is 0 Å². The van der Waals surface area contributed by atoms with Crippen LogP contribution < -0.4 is 5.73 Å². The van der Waals surface area contributed by atoms with E-state index in [-0.39, 0.29) is 18.3 Å². The van der Waals surface area contributed by atoms with Gasteiger partial charge in [-0.15, -0.1) is 12.4 Å². The number of fused-ring (bicyclic) bond motifs is 1. The van der Waals surface area contributed by atoms with E-state index in [1.165, 1.54) is 11.1 Å². The highest BCUT2D eigenvalue weighted by Crippen LogP contribution is 2.21. The highest BCUT2D eigenvalue weighted by atomic mass is 35.5. The minimum Gasteiger partial charge on any atom is -0.372 e. The zero-order valence-electron chi connectivity index (χ0n) is 13.6. The summed E-state index contributed by atoms with van der Waals surface area (Å²) in [5.41, 5.74) is 9.93. The molecule has 2 aromatic rings. The Balaban J connectivity index is 0.00000208. The summed E-state index contributed by atoms with van der Waals surface area (Å²) >= 11 is 0. The van der Waals surface area contributed by atoms with Crippen LogP contribution in [0.1, 0.15) is 27.0 Å². The third-order valence-corrected chi connectivity index (χ3v) is 4.17. The molecule has 0 unspecified atom stereocenters. The van der Waals surface area contributed by atoms with Gasteiger partial charge in [0, 0.05) is 25.2 Å². The van der Waals surface area contributed by atoms with E-state index >= 15 is 0 Å². The number of amides is 1. The molecule has 1 aliphatic rings. The maximum absolute atomic E-state index is 12.8. The lowest BCUT2D eigenvalue weighted by Crippen LogP contribution is -2.37. The van der Waals surface area contributed by atoms with Crippen LogP contribution in [0.2, 0.25) is 0 Å². The number of ether oxygens (including phenoxy) is 1. The van der Waals surface area contributed by atoms with Gasteiger partial charge in [0.1, 0.15) is 0 Å². The molecule has 0 saturated heterocycles. The van der Waals surface area contributed by atoms with Crippen molar-refractivity contribution in [2.45, 2.75) is 19.6 Å². The van der Waals surface area contributed by atoms with Gasteiger partial charge in [0.05, 0.1) is 13.2 Å². The molecule has 2 aromatic carbocycles. The number of benzene rings is 2. The molecule has 2 N–H and O–H groups in total. The fraction of sp³-hybridized carbons (Fsp3) is 0.316. The molecule has 0 bridgehead atoms. The van der Waals surface area contributed by atoms with Gasteiger partial charge in [-0.3, -0.25) is 4.79 Å². The molecule has 5 heteroatoms. The molecule has 0 fully saturated rings. The molecule has 0 aliphatic carbocycles. The molecule has 1 heterocycles. The van der Waals surface area contributed by atoms with Crippen LogP contribution in [0.25, 0.3) is 0 Å². The highest BCUT2D eigenvalue weighted by molar-refractivity contribution is 5.94. The molecule has 4 nitrogen and oxygen atoms in total. The van der Waals surface area contributed by atoms with Gasteiger partial charge in [-0.2, -0.15) is 0 Å². The van der Waals surface area contributed by atoms with Crippen molar-refractivity contribution in [2.24, 2.45) is 5.73 Å². The van der Waals surface area contributed by atoms with Crippen LogP contribution in [0, 0.1) is 0 Å². The molecule has 3 rings (SSSR count). The highest BCUT2D eigenvalue weighted by Gasteiger charge is 2.18. The normalized spacial score (nSPS) is 12.4. The van der Waals surface area contributed by atoms with Crippen molar-refractivity contribution in [1.29, 1.82) is 0 Å². The standard InChI is InChI=1S/C19H22N2O2.ClH/c20-9-11-21(10-8-15-4-2-1-3-5-15)19(22)16-6-7-17-13-23-14-18(17)12-16;/h1-7,12H,8-11,13-14,20H2;1H. The summed E-state index contributed by atoms with van der Waals surface area (Å²) in [4.78, 5) is 14.6. The van der Waals surface area contributed by atoms with Crippen LogP contribution in [-0.4, -0.2) is 30.4 Å². The molecular weight excluding hydrogens is 324 g/mol. The second-order valence-corrected chi connectivity index (χ2v) is 5.79. The summed E-state index contributed by atoms with van der Waals surface area (Å²) in [6, 6.07) is 16.0. The molecule has 128 valence electrons. The molecule has 24 heavy (non-hydrogen) atoms. The fourth-order valence-electron chi connectivity index (χ4n) is 2.87. The summed E-state index contributed by atoms with van der Waals surface area (Å²) in [6.07, 6.45) is 0.834. The Morgan fingerprint density at radius 3 is 2.54 bits per heavy atom.